The van der Waals surface area contributed by atoms with E-state index in [4.69, 9.17) is 19.2 Å². The number of nitrogens with one attached hydrogen (secondary N) is 3. The Balaban J connectivity index is 1.36. The lowest BCUT2D eigenvalue weighted by molar-refractivity contribution is -0.141. The van der Waals surface area contributed by atoms with Crippen LogP contribution in [0, 0.1) is 5.92 Å². The van der Waals surface area contributed by atoms with E-state index in [9.17, 15) is 27.6 Å². The van der Waals surface area contributed by atoms with Crippen molar-refractivity contribution in [3.05, 3.63) is 54.8 Å². The van der Waals surface area contributed by atoms with Gasteiger partial charge in [-0.2, -0.15) is 0 Å². The zero-order chi connectivity index (χ0) is 43.1. The highest BCUT2D eigenvalue weighted by molar-refractivity contribution is 7.91. The molecule has 59 heavy (non-hydrogen) atoms. The molecule has 1 aromatic carbocycles. The van der Waals surface area contributed by atoms with Crippen LogP contribution in [0.4, 0.5) is 4.79 Å². The molecular formula is C44H61N5O9S. The van der Waals surface area contributed by atoms with Crippen molar-refractivity contribution in [1.29, 1.82) is 0 Å². The number of likely N-dealkylation sites (tertiary alicyclic amines) is 1. The summed E-state index contributed by atoms with van der Waals surface area (Å²) in [6.45, 7) is 18.5. The molecule has 2 saturated carbocycles. The quantitative estimate of drug-likeness (QED) is 0.132. The molecule has 3 N–H and O–H groups in total. The van der Waals surface area contributed by atoms with Crippen molar-refractivity contribution in [1.82, 2.24) is 25.2 Å². The summed E-state index contributed by atoms with van der Waals surface area (Å²) in [7, 11) is -2.41. The zero-order valence-electron chi connectivity index (χ0n) is 35.6. The lowest BCUT2D eigenvalue weighted by atomic mass is 9.86. The normalized spacial score (nSPS) is 24.7. The van der Waals surface area contributed by atoms with Crippen LogP contribution in [0.25, 0.3) is 10.9 Å². The number of sulfonamides is 1. The summed E-state index contributed by atoms with van der Waals surface area (Å²) in [6, 6.07) is 3.55. The molecule has 4 aliphatic rings. The van der Waals surface area contributed by atoms with Crippen LogP contribution in [-0.2, 0) is 35.6 Å². The zero-order valence-corrected chi connectivity index (χ0v) is 36.4. The molecular weight excluding hydrogens is 775 g/mol. The fourth-order valence-corrected chi connectivity index (χ4v) is 9.63. The van der Waals surface area contributed by atoms with E-state index in [1.54, 1.807) is 34.8 Å². The predicted molar refractivity (Wildman–Crippen MR) is 225 cm³/mol. The van der Waals surface area contributed by atoms with Crippen molar-refractivity contribution in [3.63, 3.8) is 0 Å². The number of benzene rings is 1. The number of ether oxygens (including phenoxy) is 3. The number of methoxy groups -OCH3 is 1. The Labute approximate surface area is 348 Å². The maximum atomic E-state index is 14.9. The Morgan fingerprint density at radius 3 is 2.42 bits per heavy atom. The first-order valence-corrected chi connectivity index (χ1v) is 22.3. The van der Waals surface area contributed by atoms with Gasteiger partial charge in [-0.25, -0.2) is 18.2 Å². The monoisotopic (exact) mass is 835 g/mol. The van der Waals surface area contributed by atoms with Gasteiger partial charge in [-0.15, -0.1) is 13.2 Å². The van der Waals surface area contributed by atoms with E-state index in [1.165, 1.54) is 11.0 Å². The minimum Gasteiger partial charge on any atom is -0.497 e. The number of allylic oxidation sites excluding steroid dienone is 1. The van der Waals surface area contributed by atoms with Crippen LogP contribution in [-0.4, -0.2) is 89.3 Å². The van der Waals surface area contributed by atoms with Crippen LogP contribution in [0.5, 0.6) is 11.5 Å². The predicted octanol–water partition coefficient (Wildman–Crippen LogP) is 6.12. The van der Waals surface area contributed by atoms with Crippen LogP contribution in [0.15, 0.2) is 43.5 Å². The second-order valence-corrected chi connectivity index (χ2v) is 20.5. The van der Waals surface area contributed by atoms with Crippen LogP contribution in [0.3, 0.4) is 0 Å². The van der Waals surface area contributed by atoms with Crippen LogP contribution < -0.4 is 24.8 Å². The lowest BCUT2D eigenvalue weighted by Gasteiger charge is -2.37. The molecule has 6 rings (SSSR count). The van der Waals surface area contributed by atoms with Crippen LogP contribution >= 0.6 is 0 Å². The Morgan fingerprint density at radius 2 is 1.81 bits per heavy atom. The molecule has 2 aliphatic heterocycles. The number of carbonyl (C=O) groups is 4. The summed E-state index contributed by atoms with van der Waals surface area (Å²) in [5.41, 5.74) is -0.922. The lowest BCUT2D eigenvalue weighted by Crippen LogP contribution is -2.58. The number of carbonyl (C=O) groups excluding carboxylic acids is 4. The van der Waals surface area contributed by atoms with Gasteiger partial charge in [-0.05, 0) is 103 Å². The first-order valence-electron chi connectivity index (χ1n) is 20.8. The summed E-state index contributed by atoms with van der Waals surface area (Å²) in [4.78, 5) is 63.2. The van der Waals surface area contributed by atoms with Crippen molar-refractivity contribution >= 4 is 44.7 Å². The van der Waals surface area contributed by atoms with Gasteiger partial charge in [0.2, 0.25) is 21.8 Å². The van der Waals surface area contributed by atoms with E-state index in [0.717, 1.165) is 41.4 Å². The molecule has 2 aromatic rings. The topological polar surface area (TPSA) is 182 Å². The highest BCUT2D eigenvalue weighted by Crippen LogP contribution is 2.49. The molecule has 4 amide bonds. The van der Waals surface area contributed by atoms with E-state index in [-0.39, 0.29) is 31.7 Å². The second-order valence-electron chi connectivity index (χ2n) is 18.3. The summed E-state index contributed by atoms with van der Waals surface area (Å²) in [5, 5.41) is 6.58. The van der Waals surface area contributed by atoms with Crippen LogP contribution in [0.1, 0.15) is 123 Å². The van der Waals surface area contributed by atoms with Crippen molar-refractivity contribution < 1.29 is 41.8 Å². The van der Waals surface area contributed by atoms with Gasteiger partial charge in [0.25, 0.3) is 5.91 Å². The van der Waals surface area contributed by atoms with Gasteiger partial charge >= 0.3 is 6.09 Å². The number of pyridine rings is 1. The molecule has 0 bridgehead atoms. The van der Waals surface area contributed by atoms with E-state index in [1.807, 2.05) is 38.1 Å². The molecule has 3 heterocycles. The van der Waals surface area contributed by atoms with Crippen LogP contribution in [0.2, 0.25) is 0 Å². The van der Waals surface area contributed by atoms with Gasteiger partial charge in [0, 0.05) is 23.3 Å². The highest BCUT2D eigenvalue weighted by atomic mass is 32.2. The summed E-state index contributed by atoms with van der Waals surface area (Å²) in [5.74, 6) is -1.23. The fraction of sp³-hybridized carbons (Fsp3) is 0.614. The maximum absolute atomic E-state index is 14.9. The molecule has 322 valence electrons. The molecule has 1 aromatic heterocycles. The number of hydrogen-bond acceptors (Lipinski definition) is 10. The van der Waals surface area contributed by atoms with E-state index >= 15 is 0 Å². The Kier molecular flexibility index (Phi) is 12.2. The Bertz CT molecular complexity index is 2130. The fourth-order valence-electron chi connectivity index (χ4n) is 8.32. The highest BCUT2D eigenvalue weighted by Gasteiger charge is 2.63. The number of aromatic nitrogens is 1. The molecule has 1 spiro atoms. The number of rotatable bonds is 16. The Morgan fingerprint density at radius 1 is 1.08 bits per heavy atom. The van der Waals surface area contributed by atoms with Gasteiger partial charge in [0.05, 0.1) is 29.6 Å². The second kappa shape index (κ2) is 16.4. The number of hydrogen-bond donors (Lipinski definition) is 3. The van der Waals surface area contributed by atoms with E-state index < -0.39 is 73.3 Å². The van der Waals surface area contributed by atoms with Crippen molar-refractivity contribution in [2.75, 3.05) is 13.7 Å². The summed E-state index contributed by atoms with van der Waals surface area (Å²) in [6.07, 6.45) is 8.02. The molecule has 1 saturated heterocycles. The smallest absolute Gasteiger partial charge is 0.408 e. The van der Waals surface area contributed by atoms with E-state index in [0.29, 0.717) is 43.6 Å². The first-order chi connectivity index (χ1) is 27.7. The molecule has 5 atom stereocenters. The summed E-state index contributed by atoms with van der Waals surface area (Å²) < 4.78 is 45.7. The SMILES string of the molecule is C=CCCCCC[C@H](NC(=O)OC(C)(C)C)C(=O)N1C[C@@]2(CCc3c(c(C(C)C)nc4ccc(OC)cc34)O2)C[C@H]1C(=O)N[C@]1(C(=O)NS(=O)(=O)C2(C)CC2)CC1C=C. The molecule has 14 nitrogen and oxygen atoms in total. The third kappa shape index (κ3) is 9.09. The van der Waals surface area contributed by atoms with Gasteiger partial charge in [0.1, 0.15) is 40.3 Å². The number of unbranched alkanes of at least 4 members (excludes halogenated alkanes) is 3. The minimum absolute atomic E-state index is 0.0107. The third-order valence-corrected chi connectivity index (χ3v) is 14.4. The molecule has 1 unspecified atom stereocenters. The van der Waals surface area contributed by atoms with Crippen molar-refractivity contribution in [2.45, 2.75) is 152 Å². The number of aryl methyl sites for hydroxylation is 1. The average Bonchev–Trinajstić information content (AvgIpc) is 4.07. The minimum atomic E-state index is -4.01. The largest absolute Gasteiger partial charge is 0.497 e. The third-order valence-electron chi connectivity index (χ3n) is 12.2. The van der Waals surface area contributed by atoms with Gasteiger partial charge in [-0.3, -0.25) is 19.1 Å². The maximum Gasteiger partial charge on any atom is 0.408 e. The van der Waals surface area contributed by atoms with Crippen molar-refractivity contribution in [3.8, 4) is 11.5 Å². The number of fused-ring (bicyclic) bond motifs is 3. The number of amides is 4. The number of alkyl carbamates (subject to hydrolysis) is 1. The van der Waals surface area contributed by atoms with Gasteiger partial charge < -0.3 is 29.7 Å². The first kappa shape index (κ1) is 43.9. The van der Waals surface area contributed by atoms with Gasteiger partial charge in [0.15, 0.2) is 0 Å². The average molecular weight is 836 g/mol. The molecule has 0 radical (unpaired) electrons. The van der Waals surface area contributed by atoms with Gasteiger partial charge in [-0.1, -0.05) is 38.8 Å². The molecule has 3 fully saturated rings. The number of nitrogens with zero attached hydrogens (tertiary/aromatic N) is 2. The standard InChI is InChI=1S/C44H61N5O9S/c1-10-12-13-14-15-16-33(46-40(53)58-41(5,6)7)38(51)49-26-43(20-19-30-31-23-29(56-9)17-18-32(31)45-35(27(3)4)36(30)57-43)25-34(49)37(50)47-44(24-28(44)11-2)39(52)48-59(54,55)42(8)21-22-42/h10-11,17-18,23,27-28,33-34H,1-2,12-16,19-22,24-26H2,3-9H3,(H,46,53)(H,47,50)(H,48,52)/t28?,33-,34-,43+,44+/m0/s1. The summed E-state index contributed by atoms with van der Waals surface area (Å²) >= 11 is 0. The molecule has 15 heteroatoms. The Hall–Kier alpha value is -4.66. The molecule has 2 aliphatic carbocycles. The van der Waals surface area contributed by atoms with E-state index in [2.05, 4.69) is 28.5 Å². The van der Waals surface area contributed by atoms with Crippen molar-refractivity contribution in [2.24, 2.45) is 5.92 Å².